The maximum Gasteiger partial charge on any atom is 0.254 e. The molecular formula is C17H19BrN4O2. The highest BCUT2D eigenvalue weighted by molar-refractivity contribution is 9.10. The lowest BCUT2D eigenvalue weighted by Crippen LogP contribution is -2.31. The molecule has 0 spiro atoms. The van der Waals surface area contributed by atoms with Crippen molar-refractivity contribution in [1.82, 2.24) is 15.1 Å². The molecule has 0 radical (unpaired) electrons. The van der Waals surface area contributed by atoms with Gasteiger partial charge in [-0.2, -0.15) is 0 Å². The summed E-state index contributed by atoms with van der Waals surface area (Å²) in [6.45, 7) is 1.24. The van der Waals surface area contributed by atoms with E-state index in [0.29, 0.717) is 24.5 Å². The van der Waals surface area contributed by atoms with Crippen molar-refractivity contribution in [3.63, 3.8) is 0 Å². The van der Waals surface area contributed by atoms with E-state index in [2.05, 4.69) is 26.1 Å². The molecule has 1 aromatic carbocycles. The molecule has 126 valence electrons. The maximum atomic E-state index is 12.5. The van der Waals surface area contributed by atoms with Gasteiger partial charge in [0.1, 0.15) is 6.10 Å². The van der Waals surface area contributed by atoms with Crippen LogP contribution in [-0.2, 0) is 0 Å². The van der Waals surface area contributed by atoms with Crippen LogP contribution >= 0.6 is 15.9 Å². The quantitative estimate of drug-likeness (QED) is 0.802. The van der Waals surface area contributed by atoms with Crippen LogP contribution in [0, 0.1) is 0 Å². The van der Waals surface area contributed by atoms with Crippen molar-refractivity contribution in [2.75, 3.05) is 32.1 Å². The monoisotopic (exact) mass is 390 g/mol. The fourth-order valence-electron chi connectivity index (χ4n) is 2.60. The van der Waals surface area contributed by atoms with Gasteiger partial charge in [-0.05, 0) is 24.3 Å². The Kier molecular flexibility index (Phi) is 4.99. The summed E-state index contributed by atoms with van der Waals surface area (Å²) in [4.78, 5) is 16.2. The predicted octanol–water partition coefficient (Wildman–Crippen LogP) is 2.60. The molecule has 1 fully saturated rings. The SMILES string of the molecule is CN(C)c1ccc(OC2CCN(C(=O)c3cccc(Br)c3)C2)nn1. The summed E-state index contributed by atoms with van der Waals surface area (Å²) in [7, 11) is 3.82. The van der Waals surface area contributed by atoms with Gasteiger partial charge in [-0.3, -0.25) is 4.79 Å². The lowest BCUT2D eigenvalue weighted by atomic mass is 10.2. The van der Waals surface area contributed by atoms with Crippen LogP contribution in [0.4, 0.5) is 5.82 Å². The molecular weight excluding hydrogens is 372 g/mol. The lowest BCUT2D eigenvalue weighted by molar-refractivity contribution is 0.0771. The summed E-state index contributed by atoms with van der Waals surface area (Å²) < 4.78 is 6.75. The molecule has 1 amide bonds. The van der Waals surface area contributed by atoms with Crippen molar-refractivity contribution >= 4 is 27.7 Å². The number of anilines is 1. The number of benzene rings is 1. The molecule has 0 bridgehead atoms. The van der Waals surface area contributed by atoms with Crippen LogP contribution in [0.25, 0.3) is 0 Å². The number of carbonyl (C=O) groups is 1. The van der Waals surface area contributed by atoms with Crippen LogP contribution in [0.5, 0.6) is 5.88 Å². The standard InChI is InChI=1S/C17H19BrN4O2/c1-21(2)15-6-7-16(20-19-15)24-14-8-9-22(11-14)17(23)12-4-3-5-13(18)10-12/h3-7,10,14H,8-9,11H2,1-2H3. The van der Waals surface area contributed by atoms with Crippen LogP contribution < -0.4 is 9.64 Å². The van der Waals surface area contributed by atoms with Crippen molar-refractivity contribution in [2.45, 2.75) is 12.5 Å². The average molecular weight is 391 g/mol. The largest absolute Gasteiger partial charge is 0.471 e. The number of rotatable bonds is 4. The number of carbonyl (C=O) groups excluding carboxylic acids is 1. The van der Waals surface area contributed by atoms with Gasteiger partial charge in [0, 0.05) is 43.2 Å². The number of hydrogen-bond acceptors (Lipinski definition) is 5. The van der Waals surface area contributed by atoms with Gasteiger partial charge in [-0.25, -0.2) is 0 Å². The average Bonchev–Trinajstić information content (AvgIpc) is 3.03. The maximum absolute atomic E-state index is 12.5. The minimum absolute atomic E-state index is 0.0245. The first kappa shape index (κ1) is 16.7. The van der Waals surface area contributed by atoms with E-state index >= 15 is 0 Å². The third kappa shape index (κ3) is 3.84. The van der Waals surface area contributed by atoms with Crippen molar-refractivity contribution in [1.29, 1.82) is 0 Å². The third-order valence-corrected chi connectivity index (χ3v) is 4.37. The normalized spacial score (nSPS) is 17.0. The van der Waals surface area contributed by atoms with Crippen LogP contribution in [-0.4, -0.2) is 54.3 Å². The minimum atomic E-state index is -0.0550. The van der Waals surface area contributed by atoms with E-state index in [1.165, 1.54) is 0 Å². The fourth-order valence-corrected chi connectivity index (χ4v) is 3.00. The van der Waals surface area contributed by atoms with E-state index in [1.807, 2.05) is 54.2 Å². The Labute approximate surface area is 149 Å². The first-order valence-corrected chi connectivity index (χ1v) is 8.55. The fraction of sp³-hybridized carbons (Fsp3) is 0.353. The molecule has 6 nitrogen and oxygen atoms in total. The number of ether oxygens (including phenoxy) is 1. The molecule has 1 aromatic heterocycles. The molecule has 1 aliphatic heterocycles. The number of halogens is 1. The Hall–Kier alpha value is -2.15. The first-order chi connectivity index (χ1) is 11.5. The van der Waals surface area contributed by atoms with Crippen molar-refractivity contribution in [3.05, 3.63) is 46.4 Å². The summed E-state index contributed by atoms with van der Waals surface area (Å²) in [5.41, 5.74) is 0.681. The van der Waals surface area contributed by atoms with Crippen LogP contribution in [0.15, 0.2) is 40.9 Å². The highest BCUT2D eigenvalue weighted by atomic mass is 79.9. The number of likely N-dealkylation sites (tertiary alicyclic amines) is 1. The van der Waals surface area contributed by atoms with Crippen molar-refractivity contribution < 1.29 is 9.53 Å². The van der Waals surface area contributed by atoms with Gasteiger partial charge in [-0.15, -0.1) is 10.2 Å². The molecule has 0 saturated carbocycles. The second-order valence-corrected chi connectivity index (χ2v) is 6.83. The second-order valence-electron chi connectivity index (χ2n) is 5.91. The van der Waals surface area contributed by atoms with Gasteiger partial charge in [0.25, 0.3) is 5.91 Å². The zero-order valence-electron chi connectivity index (χ0n) is 13.6. The molecule has 2 heterocycles. The highest BCUT2D eigenvalue weighted by Gasteiger charge is 2.28. The van der Waals surface area contributed by atoms with Crippen molar-refractivity contribution in [3.8, 4) is 5.88 Å². The van der Waals surface area contributed by atoms with Gasteiger partial charge >= 0.3 is 0 Å². The summed E-state index contributed by atoms with van der Waals surface area (Å²) in [5.74, 6) is 1.29. The Morgan fingerprint density at radius 3 is 2.79 bits per heavy atom. The van der Waals surface area contributed by atoms with Gasteiger partial charge < -0.3 is 14.5 Å². The smallest absolute Gasteiger partial charge is 0.254 e. The topological polar surface area (TPSA) is 58.6 Å². The highest BCUT2D eigenvalue weighted by Crippen LogP contribution is 2.20. The zero-order valence-corrected chi connectivity index (χ0v) is 15.2. The second kappa shape index (κ2) is 7.17. The van der Waals surface area contributed by atoms with Crippen molar-refractivity contribution in [2.24, 2.45) is 0 Å². The zero-order chi connectivity index (χ0) is 17.1. The van der Waals surface area contributed by atoms with E-state index in [-0.39, 0.29) is 12.0 Å². The van der Waals surface area contributed by atoms with Gasteiger partial charge in [0.05, 0.1) is 6.54 Å². The number of hydrogen-bond donors (Lipinski definition) is 0. The van der Waals surface area contributed by atoms with Crippen LogP contribution in [0.2, 0.25) is 0 Å². The van der Waals surface area contributed by atoms with E-state index in [4.69, 9.17) is 4.74 Å². The molecule has 1 aliphatic rings. The molecule has 1 unspecified atom stereocenters. The number of aromatic nitrogens is 2. The Bertz CT molecular complexity index is 721. The molecule has 3 rings (SSSR count). The van der Waals surface area contributed by atoms with E-state index in [0.717, 1.165) is 16.7 Å². The van der Waals surface area contributed by atoms with E-state index in [9.17, 15) is 4.79 Å². The van der Waals surface area contributed by atoms with Crippen LogP contribution in [0.3, 0.4) is 0 Å². The molecule has 1 saturated heterocycles. The molecule has 0 N–H and O–H groups in total. The summed E-state index contributed by atoms with van der Waals surface area (Å²) in [5, 5.41) is 8.18. The third-order valence-electron chi connectivity index (χ3n) is 3.88. The Morgan fingerprint density at radius 2 is 2.12 bits per heavy atom. The summed E-state index contributed by atoms with van der Waals surface area (Å²) in [6, 6.07) is 11.1. The molecule has 1 atom stereocenters. The molecule has 2 aromatic rings. The summed E-state index contributed by atoms with van der Waals surface area (Å²) in [6.07, 6.45) is 0.734. The van der Waals surface area contributed by atoms with Gasteiger partial charge in [0.15, 0.2) is 5.82 Å². The number of amides is 1. The lowest BCUT2D eigenvalue weighted by Gasteiger charge is -2.17. The Morgan fingerprint density at radius 1 is 1.29 bits per heavy atom. The van der Waals surface area contributed by atoms with E-state index in [1.54, 1.807) is 6.07 Å². The predicted molar refractivity (Wildman–Crippen MR) is 95.4 cm³/mol. The minimum Gasteiger partial charge on any atom is -0.471 e. The number of nitrogens with zero attached hydrogens (tertiary/aromatic N) is 4. The van der Waals surface area contributed by atoms with Gasteiger partial charge in [-0.1, -0.05) is 22.0 Å². The van der Waals surface area contributed by atoms with Gasteiger partial charge in [0.2, 0.25) is 5.88 Å². The first-order valence-electron chi connectivity index (χ1n) is 7.75. The van der Waals surface area contributed by atoms with Crippen LogP contribution in [0.1, 0.15) is 16.8 Å². The van der Waals surface area contributed by atoms with E-state index < -0.39 is 0 Å². The molecule has 0 aliphatic carbocycles. The Balaban J connectivity index is 1.60. The molecule has 7 heteroatoms. The molecule has 24 heavy (non-hydrogen) atoms. The summed E-state index contributed by atoms with van der Waals surface area (Å²) >= 11 is 3.40.